The SMILES string of the molecule is Cc1cc(C=CCC(=O)O)c(F)cc1F. The Kier molecular flexibility index (Phi) is 3.55. The Morgan fingerprint density at radius 1 is 1.40 bits per heavy atom. The lowest BCUT2D eigenvalue weighted by molar-refractivity contribution is -0.135. The van der Waals surface area contributed by atoms with Gasteiger partial charge in [0.05, 0.1) is 6.42 Å². The van der Waals surface area contributed by atoms with Crippen LogP contribution in [0.5, 0.6) is 0 Å². The van der Waals surface area contributed by atoms with E-state index in [9.17, 15) is 13.6 Å². The monoisotopic (exact) mass is 212 g/mol. The van der Waals surface area contributed by atoms with E-state index in [-0.39, 0.29) is 12.0 Å². The molecule has 4 heteroatoms. The van der Waals surface area contributed by atoms with Gasteiger partial charge in [-0.1, -0.05) is 12.2 Å². The molecular weight excluding hydrogens is 202 g/mol. The molecule has 80 valence electrons. The number of carbonyl (C=O) groups is 1. The fraction of sp³-hybridized carbons (Fsp3) is 0.182. The normalized spacial score (nSPS) is 10.9. The number of aliphatic carboxylic acids is 1. The van der Waals surface area contributed by atoms with Gasteiger partial charge in [0, 0.05) is 11.6 Å². The molecule has 0 aliphatic rings. The van der Waals surface area contributed by atoms with Crippen molar-refractivity contribution in [2.24, 2.45) is 0 Å². The fourth-order valence-corrected chi connectivity index (χ4v) is 1.09. The first-order chi connectivity index (χ1) is 7.00. The van der Waals surface area contributed by atoms with Gasteiger partial charge in [-0.25, -0.2) is 8.78 Å². The topological polar surface area (TPSA) is 37.3 Å². The third-order valence-electron chi connectivity index (χ3n) is 1.87. The molecule has 0 atom stereocenters. The number of hydrogen-bond donors (Lipinski definition) is 1. The second-order valence-electron chi connectivity index (χ2n) is 3.12. The van der Waals surface area contributed by atoms with Gasteiger partial charge in [-0.15, -0.1) is 0 Å². The lowest BCUT2D eigenvalue weighted by Crippen LogP contribution is -1.91. The Morgan fingerprint density at radius 2 is 2.07 bits per heavy atom. The van der Waals surface area contributed by atoms with E-state index >= 15 is 0 Å². The zero-order valence-electron chi connectivity index (χ0n) is 8.13. The zero-order valence-corrected chi connectivity index (χ0v) is 8.13. The van der Waals surface area contributed by atoms with Gasteiger partial charge in [0.25, 0.3) is 0 Å². The molecule has 2 nitrogen and oxygen atoms in total. The summed E-state index contributed by atoms with van der Waals surface area (Å²) in [5.74, 6) is -2.30. The average molecular weight is 212 g/mol. The van der Waals surface area contributed by atoms with Crippen molar-refractivity contribution in [3.05, 3.63) is 41.0 Å². The smallest absolute Gasteiger partial charge is 0.307 e. The summed E-state index contributed by atoms with van der Waals surface area (Å²) in [6.45, 7) is 1.52. The van der Waals surface area contributed by atoms with Crippen molar-refractivity contribution >= 4 is 12.0 Å². The van der Waals surface area contributed by atoms with Crippen molar-refractivity contribution in [2.45, 2.75) is 13.3 Å². The van der Waals surface area contributed by atoms with Crippen molar-refractivity contribution in [3.8, 4) is 0 Å². The highest BCUT2D eigenvalue weighted by Crippen LogP contribution is 2.15. The fourth-order valence-electron chi connectivity index (χ4n) is 1.09. The minimum absolute atomic E-state index is 0.185. The number of halogens is 2. The van der Waals surface area contributed by atoms with Crippen LogP contribution in [0.2, 0.25) is 0 Å². The summed E-state index contributed by atoms with van der Waals surface area (Å²) in [7, 11) is 0. The summed E-state index contributed by atoms with van der Waals surface area (Å²) in [5, 5.41) is 8.35. The van der Waals surface area contributed by atoms with Crippen LogP contribution in [0.25, 0.3) is 6.08 Å². The van der Waals surface area contributed by atoms with E-state index in [1.165, 1.54) is 25.1 Å². The van der Waals surface area contributed by atoms with Crippen LogP contribution >= 0.6 is 0 Å². The molecule has 1 aromatic carbocycles. The van der Waals surface area contributed by atoms with Gasteiger partial charge in [0.1, 0.15) is 11.6 Å². The Morgan fingerprint density at radius 3 is 2.67 bits per heavy atom. The third-order valence-corrected chi connectivity index (χ3v) is 1.87. The summed E-state index contributed by atoms with van der Waals surface area (Å²) in [5.41, 5.74) is 0.515. The van der Waals surface area contributed by atoms with Gasteiger partial charge in [0.15, 0.2) is 0 Å². The maximum Gasteiger partial charge on any atom is 0.307 e. The Labute approximate surface area is 85.9 Å². The Balaban J connectivity index is 2.90. The van der Waals surface area contributed by atoms with Crippen LogP contribution in [-0.4, -0.2) is 11.1 Å². The van der Waals surface area contributed by atoms with Gasteiger partial charge in [-0.05, 0) is 18.6 Å². The maximum absolute atomic E-state index is 13.1. The maximum atomic E-state index is 13.1. The van der Waals surface area contributed by atoms with Crippen LogP contribution in [0.4, 0.5) is 8.78 Å². The summed E-state index contributed by atoms with van der Waals surface area (Å²) < 4.78 is 26.0. The van der Waals surface area contributed by atoms with E-state index in [0.29, 0.717) is 5.56 Å². The molecule has 1 rings (SSSR count). The standard InChI is InChI=1S/C11H10F2O2/c1-7-5-8(3-2-4-11(14)15)10(13)6-9(7)12/h2-3,5-6H,4H2,1H3,(H,14,15). The summed E-state index contributed by atoms with van der Waals surface area (Å²) in [6, 6.07) is 2.12. The molecule has 0 aliphatic carbocycles. The van der Waals surface area contributed by atoms with Gasteiger partial charge in [-0.3, -0.25) is 4.79 Å². The highest BCUT2D eigenvalue weighted by molar-refractivity contribution is 5.70. The molecule has 1 N–H and O–H groups in total. The number of hydrogen-bond acceptors (Lipinski definition) is 1. The number of rotatable bonds is 3. The summed E-state index contributed by atoms with van der Waals surface area (Å²) >= 11 is 0. The van der Waals surface area contributed by atoms with Crippen LogP contribution < -0.4 is 0 Å². The third kappa shape index (κ3) is 3.16. The Bertz CT molecular complexity index is 411. The van der Waals surface area contributed by atoms with Crippen molar-refractivity contribution in [1.29, 1.82) is 0 Å². The number of carboxylic acids is 1. The zero-order chi connectivity index (χ0) is 11.4. The van der Waals surface area contributed by atoms with Crippen LogP contribution in [-0.2, 0) is 4.79 Å². The molecule has 1 aromatic rings. The van der Waals surface area contributed by atoms with E-state index < -0.39 is 17.6 Å². The first kappa shape index (κ1) is 11.4. The summed E-state index contributed by atoms with van der Waals surface area (Å²) in [6.07, 6.45) is 2.46. The molecule has 0 radical (unpaired) electrons. The van der Waals surface area contributed by atoms with Crippen molar-refractivity contribution < 1.29 is 18.7 Å². The van der Waals surface area contributed by atoms with Crippen LogP contribution in [0.1, 0.15) is 17.5 Å². The van der Waals surface area contributed by atoms with Gasteiger partial charge < -0.3 is 5.11 Å². The first-order valence-electron chi connectivity index (χ1n) is 4.34. The highest BCUT2D eigenvalue weighted by Gasteiger charge is 2.04. The van der Waals surface area contributed by atoms with E-state index in [2.05, 4.69) is 0 Å². The summed E-state index contributed by atoms with van der Waals surface area (Å²) in [4.78, 5) is 10.2. The molecule has 15 heavy (non-hydrogen) atoms. The molecule has 0 heterocycles. The molecule has 0 unspecified atom stereocenters. The van der Waals surface area contributed by atoms with Gasteiger partial charge >= 0.3 is 5.97 Å². The van der Waals surface area contributed by atoms with Crippen molar-refractivity contribution in [2.75, 3.05) is 0 Å². The molecular formula is C11H10F2O2. The minimum atomic E-state index is -0.995. The largest absolute Gasteiger partial charge is 0.481 e. The molecule has 0 saturated heterocycles. The lowest BCUT2D eigenvalue weighted by atomic mass is 10.1. The highest BCUT2D eigenvalue weighted by atomic mass is 19.1. The van der Waals surface area contributed by atoms with Crippen LogP contribution in [0.3, 0.4) is 0 Å². The molecule has 0 aliphatic heterocycles. The number of benzene rings is 1. The lowest BCUT2D eigenvalue weighted by Gasteiger charge is -2.00. The molecule has 0 saturated carbocycles. The van der Waals surface area contributed by atoms with Crippen molar-refractivity contribution in [1.82, 2.24) is 0 Å². The molecule has 0 aromatic heterocycles. The van der Waals surface area contributed by atoms with E-state index in [1.54, 1.807) is 0 Å². The second-order valence-corrected chi connectivity index (χ2v) is 3.12. The molecule has 0 spiro atoms. The molecule has 0 fully saturated rings. The first-order valence-corrected chi connectivity index (χ1v) is 4.34. The van der Waals surface area contributed by atoms with Gasteiger partial charge in [-0.2, -0.15) is 0 Å². The van der Waals surface area contributed by atoms with E-state index in [1.807, 2.05) is 0 Å². The van der Waals surface area contributed by atoms with Crippen LogP contribution in [0.15, 0.2) is 18.2 Å². The van der Waals surface area contributed by atoms with E-state index in [0.717, 1.165) is 6.07 Å². The van der Waals surface area contributed by atoms with Crippen molar-refractivity contribution in [3.63, 3.8) is 0 Å². The van der Waals surface area contributed by atoms with Crippen LogP contribution in [0, 0.1) is 18.6 Å². The number of aryl methyl sites for hydroxylation is 1. The molecule has 0 amide bonds. The number of carboxylic acid groups (broad SMARTS) is 1. The quantitative estimate of drug-likeness (QED) is 0.836. The minimum Gasteiger partial charge on any atom is -0.481 e. The van der Waals surface area contributed by atoms with E-state index in [4.69, 9.17) is 5.11 Å². The molecule has 0 bridgehead atoms. The predicted molar refractivity (Wildman–Crippen MR) is 52.4 cm³/mol. The predicted octanol–water partition coefficient (Wildman–Crippen LogP) is 2.76. The van der Waals surface area contributed by atoms with Gasteiger partial charge in [0.2, 0.25) is 0 Å². The Hall–Kier alpha value is -1.71. The average Bonchev–Trinajstić information content (AvgIpc) is 2.13. The second kappa shape index (κ2) is 4.68.